The topological polar surface area (TPSA) is 50.4 Å². The summed E-state index contributed by atoms with van der Waals surface area (Å²) in [5.74, 6) is -3.57. The lowest BCUT2D eigenvalue weighted by molar-refractivity contribution is -0.0407. The number of carbonyl (C=O) groups is 1. The number of alkyl halides is 2. The van der Waals surface area contributed by atoms with E-state index in [1.54, 1.807) is 25.1 Å². The maximum Gasteiger partial charge on any atom is 0.339 e. The van der Waals surface area contributed by atoms with Crippen molar-refractivity contribution in [3.05, 3.63) is 35.1 Å². The molecule has 1 unspecified atom stereocenters. The highest BCUT2D eigenvalue weighted by molar-refractivity contribution is 6.03. The van der Waals surface area contributed by atoms with Crippen LogP contribution in [0.1, 0.15) is 53.3 Å². The Balaban J connectivity index is 2.04. The van der Waals surface area contributed by atoms with E-state index in [1.165, 1.54) is 0 Å². The van der Waals surface area contributed by atoms with Crippen LogP contribution in [-0.4, -0.2) is 17.0 Å². The Morgan fingerprint density at radius 2 is 2.19 bits per heavy atom. The quantitative estimate of drug-likeness (QED) is 0.871. The Morgan fingerprint density at radius 3 is 2.86 bits per heavy atom. The van der Waals surface area contributed by atoms with Gasteiger partial charge in [-0.15, -0.1) is 0 Å². The number of halogens is 2. The normalized spacial score (nSPS) is 21.6. The van der Waals surface area contributed by atoms with Crippen LogP contribution in [0.15, 0.2) is 22.6 Å². The molecule has 1 fully saturated rings. The summed E-state index contributed by atoms with van der Waals surface area (Å²) in [6.07, 6.45) is 0.973. The molecule has 0 radical (unpaired) electrons. The second kappa shape index (κ2) is 4.83. The van der Waals surface area contributed by atoms with Crippen LogP contribution in [0.4, 0.5) is 8.78 Å². The first kappa shape index (κ1) is 14.0. The molecule has 1 aromatic heterocycles. The predicted molar refractivity (Wildman–Crippen MR) is 74.1 cm³/mol. The van der Waals surface area contributed by atoms with Crippen LogP contribution < -0.4 is 0 Å². The molecule has 0 saturated heterocycles. The summed E-state index contributed by atoms with van der Waals surface area (Å²) in [4.78, 5) is 11.3. The third-order valence-corrected chi connectivity index (χ3v) is 4.21. The molecule has 0 bridgehead atoms. The molecular weight excluding hydrogens is 278 g/mol. The minimum absolute atomic E-state index is 0.0586. The predicted octanol–water partition coefficient (Wildman–Crippen LogP) is 4.73. The second-order valence-corrected chi connectivity index (χ2v) is 5.74. The molecule has 2 aromatic rings. The fourth-order valence-corrected chi connectivity index (χ4v) is 3.21. The average molecular weight is 294 g/mol. The molecule has 1 heterocycles. The second-order valence-electron chi connectivity index (χ2n) is 5.74. The number of furan rings is 1. The van der Waals surface area contributed by atoms with E-state index in [0.29, 0.717) is 29.6 Å². The van der Waals surface area contributed by atoms with Gasteiger partial charge in [0.05, 0.1) is 0 Å². The van der Waals surface area contributed by atoms with Crippen molar-refractivity contribution in [2.45, 2.75) is 44.4 Å². The van der Waals surface area contributed by atoms with Crippen molar-refractivity contribution >= 4 is 16.9 Å². The lowest BCUT2D eigenvalue weighted by Crippen LogP contribution is -2.24. The Morgan fingerprint density at radius 1 is 1.43 bits per heavy atom. The van der Waals surface area contributed by atoms with Gasteiger partial charge in [0.15, 0.2) is 0 Å². The maximum atomic E-state index is 13.6. The smallest absolute Gasteiger partial charge is 0.339 e. The molecule has 1 N–H and O–H groups in total. The standard InChI is InChI=1S/C16H16F2O3/c1-9-14(15(19)20)12-7-10(4-5-13(12)21-9)11-3-2-6-16(17,18)8-11/h4-5,7,11H,2-3,6,8H2,1H3,(H,19,20). The summed E-state index contributed by atoms with van der Waals surface area (Å²) in [6, 6.07) is 5.14. The molecule has 1 aliphatic carbocycles. The third-order valence-electron chi connectivity index (χ3n) is 4.21. The SMILES string of the molecule is Cc1oc2ccc(C3CCCC(F)(F)C3)cc2c1C(=O)O. The van der Waals surface area contributed by atoms with Crippen LogP contribution in [0.5, 0.6) is 0 Å². The Bertz CT molecular complexity index is 703. The van der Waals surface area contributed by atoms with E-state index in [-0.39, 0.29) is 24.3 Å². The highest BCUT2D eigenvalue weighted by Gasteiger charge is 2.37. The van der Waals surface area contributed by atoms with Crippen LogP contribution in [0.3, 0.4) is 0 Å². The van der Waals surface area contributed by atoms with Crippen LogP contribution in [0.2, 0.25) is 0 Å². The molecule has 1 aliphatic rings. The molecule has 1 saturated carbocycles. The van der Waals surface area contributed by atoms with Crippen molar-refractivity contribution < 1.29 is 23.1 Å². The summed E-state index contributed by atoms with van der Waals surface area (Å²) >= 11 is 0. The molecule has 0 aliphatic heterocycles. The van der Waals surface area contributed by atoms with Gasteiger partial charge in [0.25, 0.3) is 0 Å². The fraction of sp³-hybridized carbons (Fsp3) is 0.438. The van der Waals surface area contributed by atoms with Gasteiger partial charge in [-0.2, -0.15) is 0 Å². The maximum absolute atomic E-state index is 13.6. The number of benzene rings is 1. The van der Waals surface area contributed by atoms with Gasteiger partial charge in [-0.05, 0) is 43.4 Å². The number of hydrogen-bond acceptors (Lipinski definition) is 2. The van der Waals surface area contributed by atoms with Crippen molar-refractivity contribution in [3.8, 4) is 0 Å². The number of aromatic carboxylic acids is 1. The van der Waals surface area contributed by atoms with E-state index in [2.05, 4.69) is 0 Å². The molecule has 0 spiro atoms. The van der Waals surface area contributed by atoms with Crippen LogP contribution >= 0.6 is 0 Å². The number of aryl methyl sites for hydroxylation is 1. The molecule has 3 nitrogen and oxygen atoms in total. The number of carboxylic acids is 1. The van der Waals surface area contributed by atoms with E-state index >= 15 is 0 Å². The first-order valence-electron chi connectivity index (χ1n) is 7.01. The molecule has 21 heavy (non-hydrogen) atoms. The third kappa shape index (κ3) is 2.52. The Hall–Kier alpha value is -1.91. The minimum Gasteiger partial charge on any atom is -0.478 e. The summed E-state index contributed by atoms with van der Waals surface area (Å²) in [5, 5.41) is 9.75. The van der Waals surface area contributed by atoms with Crippen LogP contribution in [0.25, 0.3) is 11.0 Å². The van der Waals surface area contributed by atoms with E-state index in [9.17, 15) is 18.7 Å². The van der Waals surface area contributed by atoms with Crippen molar-refractivity contribution in [1.82, 2.24) is 0 Å². The lowest BCUT2D eigenvalue weighted by atomic mass is 9.81. The van der Waals surface area contributed by atoms with Gasteiger partial charge in [0.2, 0.25) is 5.92 Å². The zero-order chi connectivity index (χ0) is 15.2. The van der Waals surface area contributed by atoms with Crippen molar-refractivity contribution in [3.63, 3.8) is 0 Å². The van der Waals surface area contributed by atoms with Gasteiger partial charge in [0, 0.05) is 18.2 Å². The zero-order valence-electron chi connectivity index (χ0n) is 11.7. The summed E-state index contributed by atoms with van der Waals surface area (Å²) in [5.41, 5.74) is 1.37. The molecule has 112 valence electrons. The molecule has 3 rings (SSSR count). The van der Waals surface area contributed by atoms with Crippen LogP contribution in [-0.2, 0) is 0 Å². The van der Waals surface area contributed by atoms with Gasteiger partial charge < -0.3 is 9.52 Å². The van der Waals surface area contributed by atoms with Crippen LogP contribution in [0, 0.1) is 6.92 Å². The van der Waals surface area contributed by atoms with E-state index in [1.807, 2.05) is 0 Å². The fourth-order valence-electron chi connectivity index (χ4n) is 3.21. The van der Waals surface area contributed by atoms with Gasteiger partial charge in [0.1, 0.15) is 16.9 Å². The molecule has 0 amide bonds. The number of fused-ring (bicyclic) bond motifs is 1. The van der Waals surface area contributed by atoms with Gasteiger partial charge in [-0.1, -0.05) is 6.07 Å². The molecule has 5 heteroatoms. The summed E-state index contributed by atoms with van der Waals surface area (Å²) in [7, 11) is 0. The number of hydrogen-bond donors (Lipinski definition) is 1. The first-order valence-corrected chi connectivity index (χ1v) is 7.01. The summed E-state index contributed by atoms with van der Waals surface area (Å²) < 4.78 is 32.5. The van der Waals surface area contributed by atoms with Gasteiger partial charge in [-0.3, -0.25) is 0 Å². The first-order chi connectivity index (χ1) is 9.87. The lowest BCUT2D eigenvalue weighted by Gasteiger charge is -2.29. The molecule has 1 atom stereocenters. The minimum atomic E-state index is -2.63. The van der Waals surface area contributed by atoms with Crippen molar-refractivity contribution in [1.29, 1.82) is 0 Å². The number of carboxylic acid groups (broad SMARTS) is 1. The average Bonchev–Trinajstić information content (AvgIpc) is 2.72. The van der Waals surface area contributed by atoms with Crippen molar-refractivity contribution in [2.24, 2.45) is 0 Å². The highest BCUT2D eigenvalue weighted by Crippen LogP contribution is 2.42. The monoisotopic (exact) mass is 294 g/mol. The highest BCUT2D eigenvalue weighted by atomic mass is 19.3. The zero-order valence-corrected chi connectivity index (χ0v) is 11.7. The van der Waals surface area contributed by atoms with E-state index in [0.717, 1.165) is 5.56 Å². The summed E-state index contributed by atoms with van der Waals surface area (Å²) in [6.45, 7) is 1.60. The number of rotatable bonds is 2. The largest absolute Gasteiger partial charge is 0.478 e. The Labute approximate surface area is 120 Å². The Kier molecular flexibility index (Phi) is 3.23. The van der Waals surface area contributed by atoms with Gasteiger partial charge in [-0.25, -0.2) is 13.6 Å². The molecule has 1 aromatic carbocycles. The van der Waals surface area contributed by atoms with Crippen molar-refractivity contribution in [2.75, 3.05) is 0 Å². The molecular formula is C16H16F2O3. The van der Waals surface area contributed by atoms with Gasteiger partial charge >= 0.3 is 5.97 Å². The van der Waals surface area contributed by atoms with E-state index < -0.39 is 11.9 Å². The van der Waals surface area contributed by atoms with E-state index in [4.69, 9.17) is 4.42 Å².